The van der Waals surface area contributed by atoms with Crippen LogP contribution in [0.1, 0.15) is 35.7 Å². The average Bonchev–Trinajstić information content (AvgIpc) is 3.02. The highest BCUT2D eigenvalue weighted by Crippen LogP contribution is 2.40. The smallest absolute Gasteiger partial charge is 0.259 e. The zero-order valence-corrected chi connectivity index (χ0v) is 21.1. The molecule has 2 aliphatic heterocycles. The van der Waals surface area contributed by atoms with Gasteiger partial charge in [-0.25, -0.2) is 8.42 Å². The van der Waals surface area contributed by atoms with E-state index in [4.69, 9.17) is 9.47 Å². The molecule has 0 radical (unpaired) electrons. The van der Waals surface area contributed by atoms with Crippen LogP contribution >= 0.6 is 0 Å². The normalized spacial score (nSPS) is 16.2. The van der Waals surface area contributed by atoms with Crippen molar-refractivity contribution in [2.75, 3.05) is 30.8 Å². The number of carbonyl (C=O) groups excluding carboxylic acids is 1. The fourth-order valence-electron chi connectivity index (χ4n) is 4.45. The van der Waals surface area contributed by atoms with Gasteiger partial charge in [-0.2, -0.15) is 4.31 Å². The van der Waals surface area contributed by atoms with Crippen molar-refractivity contribution >= 4 is 27.3 Å². The Bertz CT molecular complexity index is 1380. The van der Waals surface area contributed by atoms with Gasteiger partial charge in [-0.05, 0) is 54.7 Å². The summed E-state index contributed by atoms with van der Waals surface area (Å²) in [6.07, 6.45) is 1.61. The first-order valence-electron chi connectivity index (χ1n) is 12.0. The van der Waals surface area contributed by atoms with E-state index in [1.807, 2.05) is 30.3 Å². The fourth-order valence-corrected chi connectivity index (χ4v) is 6.09. The second kappa shape index (κ2) is 9.83. The van der Waals surface area contributed by atoms with E-state index in [0.29, 0.717) is 48.4 Å². The summed E-state index contributed by atoms with van der Waals surface area (Å²) in [4.78, 5) is 13.1. The Balaban J connectivity index is 1.55. The average molecular weight is 508 g/mol. The number of amides is 1. The highest BCUT2D eigenvalue weighted by Gasteiger charge is 2.33. The summed E-state index contributed by atoms with van der Waals surface area (Å²) in [5.41, 5.74) is 2.03. The number of hydrogen-bond acceptors (Lipinski definition) is 6. The molecule has 3 aromatic carbocycles. The Morgan fingerprint density at radius 1 is 1.06 bits per heavy atom. The van der Waals surface area contributed by atoms with Gasteiger partial charge in [0.25, 0.3) is 5.91 Å². The monoisotopic (exact) mass is 507 g/mol. The largest absolute Gasteiger partial charge is 0.497 e. The predicted octanol–water partition coefficient (Wildman–Crippen LogP) is 5.09. The Hall–Kier alpha value is -3.56. The van der Waals surface area contributed by atoms with Crippen LogP contribution in [0.2, 0.25) is 0 Å². The molecule has 0 aromatic heterocycles. The number of para-hydroxylation sites is 2. The van der Waals surface area contributed by atoms with E-state index in [2.05, 4.69) is 17.6 Å². The number of nitrogens with one attached hydrogen (secondary N) is 2. The van der Waals surface area contributed by atoms with Crippen LogP contribution in [0.3, 0.4) is 0 Å². The molecule has 1 saturated heterocycles. The van der Waals surface area contributed by atoms with Gasteiger partial charge >= 0.3 is 0 Å². The zero-order valence-electron chi connectivity index (χ0n) is 20.3. The molecule has 0 spiro atoms. The summed E-state index contributed by atoms with van der Waals surface area (Å²) >= 11 is 0. The second-order valence-corrected chi connectivity index (χ2v) is 11.1. The van der Waals surface area contributed by atoms with Gasteiger partial charge in [-0.3, -0.25) is 4.79 Å². The summed E-state index contributed by atoms with van der Waals surface area (Å²) in [6, 6.07) is 17.7. The fraction of sp³-hybridized carbons (Fsp3) is 0.296. The number of benzene rings is 3. The molecular formula is C27H29N3O5S. The molecule has 188 valence electrons. The lowest BCUT2D eigenvalue weighted by Gasteiger charge is -2.30. The maximum atomic E-state index is 13.8. The molecule has 1 fully saturated rings. The van der Waals surface area contributed by atoms with E-state index in [-0.39, 0.29) is 10.5 Å². The summed E-state index contributed by atoms with van der Waals surface area (Å²) < 4.78 is 40.4. The summed E-state index contributed by atoms with van der Waals surface area (Å²) in [7, 11) is -2.25. The molecule has 5 rings (SSSR count). The van der Waals surface area contributed by atoms with E-state index in [1.165, 1.54) is 10.4 Å². The minimum Gasteiger partial charge on any atom is -0.497 e. The highest BCUT2D eigenvalue weighted by atomic mass is 32.2. The van der Waals surface area contributed by atoms with Crippen LogP contribution in [-0.2, 0) is 16.6 Å². The van der Waals surface area contributed by atoms with Gasteiger partial charge in [0, 0.05) is 25.7 Å². The van der Waals surface area contributed by atoms with Gasteiger partial charge in [0.1, 0.15) is 16.4 Å². The van der Waals surface area contributed by atoms with Crippen molar-refractivity contribution in [1.29, 1.82) is 0 Å². The van der Waals surface area contributed by atoms with Crippen molar-refractivity contribution in [3.05, 3.63) is 71.8 Å². The van der Waals surface area contributed by atoms with E-state index in [1.54, 1.807) is 31.4 Å². The van der Waals surface area contributed by atoms with Crippen LogP contribution in [0.15, 0.2) is 65.6 Å². The van der Waals surface area contributed by atoms with Gasteiger partial charge in [0.15, 0.2) is 5.75 Å². The SMILES string of the molecule is COc1ccc(CNc2cc3c(cc2S(=O)(=O)N2CCC(C)CC2)C(=O)Nc2ccccc2O3)cc1. The molecule has 0 bridgehead atoms. The Kier molecular flexibility index (Phi) is 6.59. The van der Waals surface area contributed by atoms with Crippen LogP contribution in [0, 0.1) is 5.92 Å². The van der Waals surface area contributed by atoms with E-state index in [0.717, 1.165) is 24.2 Å². The highest BCUT2D eigenvalue weighted by molar-refractivity contribution is 7.89. The summed E-state index contributed by atoms with van der Waals surface area (Å²) in [6.45, 7) is 3.41. The van der Waals surface area contributed by atoms with E-state index < -0.39 is 15.9 Å². The van der Waals surface area contributed by atoms with Gasteiger partial charge in [0.05, 0.1) is 24.0 Å². The van der Waals surface area contributed by atoms with Crippen molar-refractivity contribution in [3.8, 4) is 17.2 Å². The van der Waals surface area contributed by atoms with Crippen molar-refractivity contribution in [2.24, 2.45) is 5.92 Å². The van der Waals surface area contributed by atoms with Crippen LogP contribution in [0.5, 0.6) is 17.2 Å². The first-order chi connectivity index (χ1) is 17.3. The molecule has 0 atom stereocenters. The van der Waals surface area contributed by atoms with Crippen LogP contribution in [0.25, 0.3) is 0 Å². The molecule has 1 amide bonds. The molecule has 0 aliphatic carbocycles. The molecule has 9 heteroatoms. The third-order valence-electron chi connectivity index (χ3n) is 6.68. The first-order valence-corrected chi connectivity index (χ1v) is 13.4. The molecule has 2 aliphatic rings. The van der Waals surface area contributed by atoms with Crippen molar-refractivity contribution in [3.63, 3.8) is 0 Å². The minimum atomic E-state index is -3.85. The number of anilines is 2. The molecule has 0 unspecified atom stereocenters. The number of nitrogens with zero attached hydrogens (tertiary/aromatic N) is 1. The molecule has 8 nitrogen and oxygen atoms in total. The second-order valence-electron chi connectivity index (χ2n) is 9.19. The Morgan fingerprint density at radius 3 is 2.50 bits per heavy atom. The maximum Gasteiger partial charge on any atom is 0.259 e. The van der Waals surface area contributed by atoms with Gasteiger partial charge in [-0.1, -0.05) is 31.2 Å². The van der Waals surface area contributed by atoms with Crippen LogP contribution < -0.4 is 20.1 Å². The maximum absolute atomic E-state index is 13.8. The van der Waals surface area contributed by atoms with Gasteiger partial charge in [-0.15, -0.1) is 0 Å². The minimum absolute atomic E-state index is 0.0639. The van der Waals surface area contributed by atoms with E-state index >= 15 is 0 Å². The molecule has 0 saturated carbocycles. The van der Waals surface area contributed by atoms with Crippen molar-refractivity contribution in [2.45, 2.75) is 31.2 Å². The molecule has 2 heterocycles. The summed E-state index contributed by atoms with van der Waals surface area (Å²) in [5.74, 6) is 1.59. The molecule has 2 N–H and O–H groups in total. The third kappa shape index (κ3) is 4.76. The Labute approximate surface area is 211 Å². The number of piperidine rings is 1. The predicted molar refractivity (Wildman–Crippen MR) is 138 cm³/mol. The zero-order chi connectivity index (χ0) is 25.3. The van der Waals surface area contributed by atoms with Gasteiger partial charge < -0.3 is 20.1 Å². The number of carbonyl (C=O) groups is 1. The van der Waals surface area contributed by atoms with Crippen LogP contribution in [0.4, 0.5) is 11.4 Å². The van der Waals surface area contributed by atoms with Crippen LogP contribution in [-0.4, -0.2) is 38.8 Å². The lowest BCUT2D eigenvalue weighted by molar-refractivity contribution is 0.102. The molecular weight excluding hydrogens is 478 g/mol. The van der Waals surface area contributed by atoms with Crippen molar-refractivity contribution in [1.82, 2.24) is 4.31 Å². The van der Waals surface area contributed by atoms with E-state index in [9.17, 15) is 13.2 Å². The number of methoxy groups -OCH3 is 1. The standard InChI is InChI=1S/C27H29N3O5S/c1-18-11-13-30(14-12-18)36(32,33)26-15-21-25(35-24-6-4-3-5-22(24)29-27(21)31)16-23(26)28-17-19-7-9-20(34-2)10-8-19/h3-10,15-16,18,28H,11-14,17H2,1-2H3,(H,29,31). The lowest BCUT2D eigenvalue weighted by Crippen LogP contribution is -2.38. The quantitative estimate of drug-likeness (QED) is 0.483. The lowest BCUT2D eigenvalue weighted by atomic mass is 10.0. The Morgan fingerprint density at radius 2 is 1.78 bits per heavy atom. The summed E-state index contributed by atoms with van der Waals surface area (Å²) in [5, 5.41) is 6.10. The number of fused-ring (bicyclic) bond motifs is 2. The first kappa shape index (κ1) is 24.1. The molecule has 36 heavy (non-hydrogen) atoms. The number of rotatable bonds is 6. The number of ether oxygens (including phenoxy) is 2. The third-order valence-corrected chi connectivity index (χ3v) is 8.62. The molecule has 3 aromatic rings. The number of sulfonamides is 1. The number of hydrogen-bond donors (Lipinski definition) is 2. The topological polar surface area (TPSA) is 97.0 Å². The van der Waals surface area contributed by atoms with Gasteiger partial charge in [0.2, 0.25) is 10.0 Å². The van der Waals surface area contributed by atoms with Crippen molar-refractivity contribution < 1.29 is 22.7 Å².